The van der Waals surface area contributed by atoms with Crippen molar-refractivity contribution in [1.82, 2.24) is 0 Å². The van der Waals surface area contributed by atoms with E-state index in [1.807, 2.05) is 0 Å². The van der Waals surface area contributed by atoms with Gasteiger partial charge in [-0.2, -0.15) is 0 Å². The summed E-state index contributed by atoms with van der Waals surface area (Å²) in [6.07, 6.45) is 0. The molecule has 0 atom stereocenters. The summed E-state index contributed by atoms with van der Waals surface area (Å²) in [6.45, 7) is 4.35. The first-order valence-electron chi connectivity index (χ1n) is 3.30. The van der Waals surface area contributed by atoms with Gasteiger partial charge in [0.1, 0.15) is 0 Å². The first-order valence-corrected chi connectivity index (χ1v) is 3.30. The van der Waals surface area contributed by atoms with Crippen molar-refractivity contribution in [2.75, 3.05) is 0 Å². The van der Waals surface area contributed by atoms with Gasteiger partial charge in [0.15, 0.2) is 5.41 Å². The van der Waals surface area contributed by atoms with Gasteiger partial charge in [0, 0.05) is 0 Å². The van der Waals surface area contributed by atoms with Crippen LogP contribution in [0.15, 0.2) is 0 Å². The fraction of sp³-hybridized carbons (Fsp3) is 0.714. The van der Waals surface area contributed by atoms with E-state index in [2.05, 4.69) is 0 Å². The standard InChI is InChI=1S/C7H12O4.Ca.2H/c1-4(2)7(3,5(8)9)6(10)11;;;/h4H,1-3H3,(H,8,9)(H,10,11);;;/q;+2;2*-1. The number of carboxylic acid groups (broad SMARTS) is 2. The summed E-state index contributed by atoms with van der Waals surface area (Å²) < 4.78 is 0. The molecule has 0 aliphatic rings. The Hall–Kier alpha value is 0.200. The molecule has 0 rings (SSSR count). The Bertz CT molecular complexity index is 182. The van der Waals surface area contributed by atoms with Crippen LogP contribution in [0.3, 0.4) is 0 Å². The van der Waals surface area contributed by atoms with Crippen LogP contribution in [0.2, 0.25) is 0 Å². The van der Waals surface area contributed by atoms with E-state index in [-0.39, 0.29) is 40.6 Å². The molecule has 0 heterocycles. The molecule has 0 spiro atoms. The number of rotatable bonds is 3. The summed E-state index contributed by atoms with van der Waals surface area (Å²) in [5.41, 5.74) is -1.67. The molecule has 0 saturated carbocycles. The van der Waals surface area contributed by atoms with Gasteiger partial charge in [0.05, 0.1) is 0 Å². The van der Waals surface area contributed by atoms with Crippen LogP contribution in [0.5, 0.6) is 0 Å². The van der Waals surface area contributed by atoms with E-state index in [9.17, 15) is 9.59 Å². The van der Waals surface area contributed by atoms with E-state index in [4.69, 9.17) is 10.2 Å². The zero-order valence-electron chi connectivity index (χ0n) is 9.50. The van der Waals surface area contributed by atoms with Crippen LogP contribution >= 0.6 is 0 Å². The summed E-state index contributed by atoms with van der Waals surface area (Å²) in [4.78, 5) is 21.0. The Balaban J connectivity index is -0.000000167. The Kier molecular flexibility index (Phi) is 6.18. The molecular weight excluding hydrogens is 188 g/mol. The quantitative estimate of drug-likeness (QED) is 0.521. The molecule has 0 aliphatic carbocycles. The maximum Gasteiger partial charge on any atom is 2.00 e. The minimum absolute atomic E-state index is 0. The molecule has 0 amide bonds. The number of hydrogen-bond donors (Lipinski definition) is 2. The molecule has 12 heavy (non-hydrogen) atoms. The molecule has 0 radical (unpaired) electrons. The van der Waals surface area contributed by atoms with Gasteiger partial charge in [0.25, 0.3) is 0 Å². The molecule has 0 unspecified atom stereocenters. The van der Waals surface area contributed by atoms with Crippen molar-refractivity contribution in [3.8, 4) is 0 Å². The fourth-order valence-corrected chi connectivity index (χ4v) is 0.585. The van der Waals surface area contributed by atoms with E-state index in [1.165, 1.54) is 6.92 Å². The molecule has 0 aromatic heterocycles. The Morgan fingerprint density at radius 1 is 1.25 bits per heavy atom. The van der Waals surface area contributed by atoms with Crippen molar-refractivity contribution >= 4 is 49.7 Å². The van der Waals surface area contributed by atoms with Gasteiger partial charge in [-0.15, -0.1) is 0 Å². The second-order valence-electron chi connectivity index (χ2n) is 2.97. The second-order valence-corrected chi connectivity index (χ2v) is 2.97. The van der Waals surface area contributed by atoms with Gasteiger partial charge >= 0.3 is 49.7 Å². The van der Waals surface area contributed by atoms with Gasteiger partial charge in [-0.05, 0) is 12.8 Å². The molecule has 0 fully saturated rings. The number of aliphatic carboxylic acids is 2. The summed E-state index contributed by atoms with van der Waals surface area (Å²) in [7, 11) is 0. The van der Waals surface area contributed by atoms with Gasteiger partial charge in [-0.3, -0.25) is 9.59 Å². The molecule has 4 nitrogen and oxygen atoms in total. The van der Waals surface area contributed by atoms with Crippen LogP contribution in [-0.4, -0.2) is 59.9 Å². The largest absolute Gasteiger partial charge is 2.00 e. The minimum atomic E-state index is -1.67. The zero-order valence-corrected chi connectivity index (χ0v) is 9.70. The molecule has 0 bridgehead atoms. The minimum Gasteiger partial charge on any atom is -1.00 e. The van der Waals surface area contributed by atoms with E-state index >= 15 is 0 Å². The van der Waals surface area contributed by atoms with Crippen LogP contribution in [0.25, 0.3) is 0 Å². The molecule has 2 N–H and O–H groups in total. The number of hydrogen-bond acceptors (Lipinski definition) is 2. The molecule has 5 heteroatoms. The van der Waals surface area contributed by atoms with Gasteiger partial charge in [0.2, 0.25) is 0 Å². The van der Waals surface area contributed by atoms with Crippen LogP contribution in [0.4, 0.5) is 0 Å². The Morgan fingerprint density at radius 2 is 1.50 bits per heavy atom. The summed E-state index contributed by atoms with van der Waals surface area (Å²) in [5.74, 6) is -3.00. The summed E-state index contributed by atoms with van der Waals surface area (Å²) in [6, 6.07) is 0. The second kappa shape index (κ2) is 5.04. The molecule has 68 valence electrons. The van der Waals surface area contributed by atoms with Crippen LogP contribution in [0, 0.1) is 11.3 Å². The summed E-state index contributed by atoms with van der Waals surface area (Å²) in [5, 5.41) is 17.2. The van der Waals surface area contributed by atoms with E-state index < -0.39 is 23.3 Å². The van der Waals surface area contributed by atoms with Crippen molar-refractivity contribution in [2.24, 2.45) is 11.3 Å². The molecule has 0 aromatic rings. The number of carboxylic acids is 2. The third-order valence-corrected chi connectivity index (χ3v) is 2.04. The van der Waals surface area contributed by atoms with Gasteiger partial charge < -0.3 is 13.1 Å². The Labute approximate surface area is 104 Å². The molecule has 0 saturated heterocycles. The first kappa shape index (κ1) is 14.7. The fourth-order valence-electron chi connectivity index (χ4n) is 0.585. The van der Waals surface area contributed by atoms with Crippen molar-refractivity contribution < 1.29 is 22.7 Å². The van der Waals surface area contributed by atoms with Crippen molar-refractivity contribution in [3.63, 3.8) is 0 Å². The first-order chi connectivity index (χ1) is 4.83. The molecular formula is C7H14CaO4. The van der Waals surface area contributed by atoms with Gasteiger partial charge in [-0.1, -0.05) is 13.8 Å². The van der Waals surface area contributed by atoms with E-state index in [0.717, 1.165) is 0 Å². The smallest absolute Gasteiger partial charge is 1.00 e. The van der Waals surface area contributed by atoms with E-state index in [1.54, 1.807) is 13.8 Å². The summed E-state index contributed by atoms with van der Waals surface area (Å²) >= 11 is 0. The average Bonchev–Trinajstić information content (AvgIpc) is 1.84. The van der Waals surface area contributed by atoms with Crippen LogP contribution in [0.1, 0.15) is 23.6 Å². The normalized spacial score (nSPS) is 10.7. The van der Waals surface area contributed by atoms with Crippen molar-refractivity contribution in [3.05, 3.63) is 0 Å². The van der Waals surface area contributed by atoms with Crippen LogP contribution in [-0.2, 0) is 9.59 Å². The zero-order chi connectivity index (χ0) is 9.23. The monoisotopic (exact) mass is 202 g/mol. The third-order valence-electron chi connectivity index (χ3n) is 2.04. The number of carbonyl (C=O) groups is 2. The maximum atomic E-state index is 10.5. The SMILES string of the molecule is CC(C)C(C)(C(=O)O)C(=O)O.[Ca+2].[H-].[H-]. The van der Waals surface area contributed by atoms with Gasteiger partial charge in [-0.25, -0.2) is 0 Å². The predicted molar refractivity (Wildman–Crippen MR) is 46.2 cm³/mol. The van der Waals surface area contributed by atoms with Crippen LogP contribution < -0.4 is 0 Å². The van der Waals surface area contributed by atoms with E-state index in [0.29, 0.717) is 0 Å². The molecule has 0 aromatic carbocycles. The topological polar surface area (TPSA) is 74.6 Å². The van der Waals surface area contributed by atoms with Crippen molar-refractivity contribution in [2.45, 2.75) is 20.8 Å². The van der Waals surface area contributed by atoms with Crippen molar-refractivity contribution in [1.29, 1.82) is 0 Å². The third kappa shape index (κ3) is 2.61. The predicted octanol–water partition coefficient (Wildman–Crippen LogP) is 0.662. The Morgan fingerprint density at radius 3 is 1.50 bits per heavy atom. The average molecular weight is 202 g/mol. The molecule has 0 aliphatic heterocycles. The maximum absolute atomic E-state index is 10.5.